The molecule has 168 valence electrons. The van der Waals surface area contributed by atoms with Gasteiger partial charge in [0, 0.05) is 11.7 Å². The average Bonchev–Trinajstić information content (AvgIpc) is 2.99. The summed E-state index contributed by atoms with van der Waals surface area (Å²) >= 11 is 10.1. The minimum atomic E-state index is -0.286. The van der Waals surface area contributed by atoms with Crippen LogP contribution in [0.4, 0.5) is 5.69 Å². The first-order chi connectivity index (χ1) is 15.2. The van der Waals surface area contributed by atoms with Crippen molar-refractivity contribution in [3.8, 4) is 11.5 Å². The quantitative estimate of drug-likeness (QED) is 0.379. The molecule has 3 rings (SSSR count). The van der Waals surface area contributed by atoms with Gasteiger partial charge in [-0.25, -0.2) is 0 Å². The monoisotopic (exact) mass is 534 g/mol. The summed E-state index contributed by atoms with van der Waals surface area (Å²) < 4.78 is 12.3. The number of nitrogens with one attached hydrogen (secondary N) is 1. The molecule has 0 unspecified atom stereocenters. The number of thiocarbonyl (C=S) groups is 1. The zero-order valence-corrected chi connectivity index (χ0v) is 21.3. The van der Waals surface area contributed by atoms with Crippen molar-refractivity contribution in [2.75, 3.05) is 19.0 Å². The lowest BCUT2D eigenvalue weighted by molar-refractivity contribution is -0.123. The minimum absolute atomic E-state index is 0.00334. The molecule has 0 radical (unpaired) electrons. The van der Waals surface area contributed by atoms with Gasteiger partial charge in [-0.3, -0.25) is 14.5 Å². The van der Waals surface area contributed by atoms with Gasteiger partial charge in [-0.1, -0.05) is 36.1 Å². The van der Waals surface area contributed by atoms with E-state index in [4.69, 9.17) is 21.7 Å². The zero-order chi connectivity index (χ0) is 23.4. The number of anilines is 1. The van der Waals surface area contributed by atoms with Crippen molar-refractivity contribution in [1.29, 1.82) is 0 Å². The van der Waals surface area contributed by atoms with Crippen LogP contribution in [-0.2, 0) is 9.59 Å². The van der Waals surface area contributed by atoms with Crippen LogP contribution >= 0.6 is 39.9 Å². The molecule has 1 saturated heterocycles. The Morgan fingerprint density at radius 2 is 2.06 bits per heavy atom. The van der Waals surface area contributed by atoms with Crippen molar-refractivity contribution in [3.05, 3.63) is 56.9 Å². The van der Waals surface area contributed by atoms with E-state index in [1.807, 2.05) is 45.0 Å². The van der Waals surface area contributed by atoms with Crippen LogP contribution in [0.25, 0.3) is 6.08 Å². The summed E-state index contributed by atoms with van der Waals surface area (Å²) in [5.74, 6) is 0.441. The smallest absolute Gasteiger partial charge is 0.266 e. The molecular weight excluding hydrogens is 512 g/mol. The molecular formula is C23H23BrN2O4S2. The summed E-state index contributed by atoms with van der Waals surface area (Å²) in [7, 11) is 1.52. The third-order valence-corrected chi connectivity index (χ3v) is 6.46. The van der Waals surface area contributed by atoms with Gasteiger partial charge in [0.25, 0.3) is 11.8 Å². The number of nitrogens with zero attached hydrogens (tertiary/aromatic N) is 1. The normalized spacial score (nSPS) is 14.9. The number of aryl methyl sites for hydroxylation is 1. The SMILES string of the molecule is COc1cc(/C=C2\SC(=S)N(C(C)C)C2=O)cc(Br)c1OCC(=O)Nc1cccc(C)c1. The molecule has 1 aliphatic rings. The Kier molecular flexibility index (Phi) is 7.97. The predicted molar refractivity (Wildman–Crippen MR) is 136 cm³/mol. The molecule has 2 aromatic carbocycles. The van der Waals surface area contributed by atoms with E-state index in [9.17, 15) is 9.59 Å². The maximum atomic E-state index is 12.7. The number of hydrogen-bond acceptors (Lipinski definition) is 6. The Hall–Kier alpha value is -2.36. The summed E-state index contributed by atoms with van der Waals surface area (Å²) in [6.07, 6.45) is 1.77. The first-order valence-corrected chi connectivity index (χ1v) is 11.8. The Labute approximate surface area is 205 Å². The fraction of sp³-hybridized carbons (Fsp3) is 0.261. The van der Waals surface area contributed by atoms with E-state index < -0.39 is 0 Å². The average molecular weight is 535 g/mol. The van der Waals surface area contributed by atoms with E-state index in [0.717, 1.165) is 11.1 Å². The van der Waals surface area contributed by atoms with Crippen LogP contribution in [0, 0.1) is 6.92 Å². The lowest BCUT2D eigenvalue weighted by Gasteiger charge is -2.18. The van der Waals surface area contributed by atoms with Crippen molar-refractivity contribution in [2.24, 2.45) is 0 Å². The van der Waals surface area contributed by atoms with Crippen LogP contribution in [0.5, 0.6) is 11.5 Å². The van der Waals surface area contributed by atoms with Gasteiger partial charge in [0.1, 0.15) is 4.32 Å². The molecule has 0 saturated carbocycles. The largest absolute Gasteiger partial charge is 0.493 e. The van der Waals surface area contributed by atoms with Gasteiger partial charge < -0.3 is 14.8 Å². The molecule has 0 aliphatic carbocycles. The maximum absolute atomic E-state index is 12.7. The zero-order valence-electron chi connectivity index (χ0n) is 18.1. The highest BCUT2D eigenvalue weighted by molar-refractivity contribution is 9.10. The van der Waals surface area contributed by atoms with Gasteiger partial charge in [0.2, 0.25) is 0 Å². The predicted octanol–water partition coefficient (Wildman–Crippen LogP) is 5.39. The number of rotatable bonds is 7. The number of ether oxygens (including phenoxy) is 2. The number of methoxy groups -OCH3 is 1. The van der Waals surface area contributed by atoms with Crippen molar-refractivity contribution < 1.29 is 19.1 Å². The summed E-state index contributed by atoms with van der Waals surface area (Å²) in [5, 5.41) is 2.81. The Morgan fingerprint density at radius 1 is 1.31 bits per heavy atom. The van der Waals surface area contributed by atoms with E-state index in [2.05, 4.69) is 21.2 Å². The van der Waals surface area contributed by atoms with Gasteiger partial charge in [-0.05, 0) is 78.2 Å². The van der Waals surface area contributed by atoms with Crippen LogP contribution in [0.15, 0.2) is 45.8 Å². The first-order valence-electron chi connectivity index (χ1n) is 9.83. The fourth-order valence-electron chi connectivity index (χ4n) is 3.10. The standard InChI is InChI=1S/C23H23BrN2O4S2/c1-13(2)26-22(28)19(32-23(26)31)11-15-9-17(24)21(18(10-15)29-4)30-12-20(27)25-16-7-5-6-14(3)8-16/h5-11,13H,12H2,1-4H3,(H,25,27)/b19-11-. The molecule has 1 N–H and O–H groups in total. The van der Waals surface area contributed by atoms with Crippen molar-refractivity contribution in [1.82, 2.24) is 4.90 Å². The lowest BCUT2D eigenvalue weighted by Crippen LogP contribution is -2.34. The molecule has 1 heterocycles. The number of carbonyl (C=O) groups is 2. The van der Waals surface area contributed by atoms with E-state index in [-0.39, 0.29) is 24.5 Å². The molecule has 0 atom stereocenters. The van der Waals surface area contributed by atoms with Gasteiger partial charge in [0.15, 0.2) is 18.1 Å². The van der Waals surface area contributed by atoms with Gasteiger partial charge >= 0.3 is 0 Å². The number of carbonyl (C=O) groups excluding carboxylic acids is 2. The molecule has 32 heavy (non-hydrogen) atoms. The molecule has 0 spiro atoms. The summed E-state index contributed by atoms with van der Waals surface area (Å²) in [5.41, 5.74) is 2.50. The minimum Gasteiger partial charge on any atom is -0.493 e. The van der Waals surface area contributed by atoms with Gasteiger partial charge in [-0.2, -0.15) is 0 Å². The Balaban J connectivity index is 1.75. The summed E-state index contributed by atoms with van der Waals surface area (Å²) in [6.45, 7) is 5.62. The second-order valence-corrected chi connectivity index (χ2v) is 9.92. The summed E-state index contributed by atoms with van der Waals surface area (Å²) in [4.78, 5) is 27.1. The highest BCUT2D eigenvalue weighted by Crippen LogP contribution is 2.39. The van der Waals surface area contributed by atoms with Gasteiger partial charge in [-0.15, -0.1) is 0 Å². The second-order valence-electron chi connectivity index (χ2n) is 7.39. The third-order valence-electron chi connectivity index (χ3n) is 4.54. The van der Waals surface area contributed by atoms with Gasteiger partial charge in [0.05, 0.1) is 16.5 Å². The maximum Gasteiger partial charge on any atom is 0.266 e. The van der Waals surface area contributed by atoms with Crippen LogP contribution in [0.1, 0.15) is 25.0 Å². The fourth-order valence-corrected chi connectivity index (χ4v) is 5.20. The van der Waals surface area contributed by atoms with Crippen molar-refractivity contribution in [3.63, 3.8) is 0 Å². The Bertz CT molecular complexity index is 1100. The van der Waals surface area contributed by atoms with Crippen molar-refractivity contribution >= 4 is 67.8 Å². The van der Waals surface area contributed by atoms with E-state index in [1.54, 1.807) is 23.1 Å². The summed E-state index contributed by atoms with van der Waals surface area (Å²) in [6, 6.07) is 11.1. The first kappa shape index (κ1) is 24.3. The highest BCUT2D eigenvalue weighted by atomic mass is 79.9. The third kappa shape index (κ3) is 5.70. The molecule has 6 nitrogen and oxygen atoms in total. The number of thioether (sulfide) groups is 1. The second kappa shape index (κ2) is 10.5. The molecule has 2 amide bonds. The van der Waals surface area contributed by atoms with Crippen LogP contribution in [-0.4, -0.2) is 40.8 Å². The van der Waals surface area contributed by atoms with E-state index in [0.29, 0.717) is 30.9 Å². The van der Waals surface area contributed by atoms with Crippen molar-refractivity contribution in [2.45, 2.75) is 26.8 Å². The molecule has 1 fully saturated rings. The molecule has 1 aliphatic heterocycles. The van der Waals surface area contributed by atoms with E-state index in [1.165, 1.54) is 18.9 Å². The molecule has 9 heteroatoms. The van der Waals surface area contributed by atoms with E-state index >= 15 is 0 Å². The number of hydrogen-bond donors (Lipinski definition) is 1. The van der Waals surface area contributed by atoms with Crippen LogP contribution in [0.3, 0.4) is 0 Å². The Morgan fingerprint density at radius 3 is 2.69 bits per heavy atom. The number of amides is 2. The topological polar surface area (TPSA) is 67.9 Å². The lowest BCUT2D eigenvalue weighted by atomic mass is 10.1. The molecule has 2 aromatic rings. The molecule has 0 bridgehead atoms. The number of benzene rings is 2. The molecule has 0 aromatic heterocycles. The number of halogens is 1. The van der Waals surface area contributed by atoms with Crippen LogP contribution in [0.2, 0.25) is 0 Å². The highest BCUT2D eigenvalue weighted by Gasteiger charge is 2.33. The van der Waals surface area contributed by atoms with Crippen LogP contribution < -0.4 is 14.8 Å².